The molecule has 0 bridgehead atoms. The summed E-state index contributed by atoms with van der Waals surface area (Å²) >= 11 is 1.67. The summed E-state index contributed by atoms with van der Waals surface area (Å²) in [5.41, 5.74) is 0. The van der Waals surface area contributed by atoms with Gasteiger partial charge in [0.05, 0.1) is 6.54 Å². The van der Waals surface area contributed by atoms with E-state index in [1.807, 2.05) is 17.5 Å². The monoisotopic (exact) mass is 271 g/mol. The van der Waals surface area contributed by atoms with Crippen LogP contribution >= 0.6 is 11.3 Å². The fourth-order valence-corrected chi connectivity index (χ4v) is 2.69. The summed E-state index contributed by atoms with van der Waals surface area (Å²) in [6.45, 7) is -0.129. The summed E-state index contributed by atoms with van der Waals surface area (Å²) in [7, 11) is 0. The van der Waals surface area contributed by atoms with Crippen molar-refractivity contribution in [2.75, 3.05) is 0 Å². The van der Waals surface area contributed by atoms with Crippen molar-refractivity contribution in [3.63, 3.8) is 0 Å². The second kappa shape index (κ2) is 6.06. The highest BCUT2D eigenvalue weighted by atomic mass is 32.1. The number of hydrogen-bond donors (Lipinski definition) is 1. The van der Waals surface area contributed by atoms with Gasteiger partial charge in [-0.05, 0) is 17.9 Å². The van der Waals surface area contributed by atoms with Crippen LogP contribution in [0.3, 0.4) is 0 Å². The summed E-state index contributed by atoms with van der Waals surface area (Å²) in [4.78, 5) is 5.16. The number of rotatable bonds is 6. The number of nitrogens with zero attached hydrogens (tertiary/aromatic N) is 2. The van der Waals surface area contributed by atoms with E-state index in [9.17, 15) is 8.78 Å². The van der Waals surface area contributed by atoms with Crippen LogP contribution in [0.5, 0.6) is 0 Å². The third kappa shape index (κ3) is 2.94. The molecule has 2 heterocycles. The van der Waals surface area contributed by atoms with E-state index >= 15 is 0 Å². The molecule has 0 fully saturated rings. The molecule has 98 valence electrons. The Morgan fingerprint density at radius 3 is 2.94 bits per heavy atom. The van der Waals surface area contributed by atoms with Crippen molar-refractivity contribution >= 4 is 11.3 Å². The van der Waals surface area contributed by atoms with Gasteiger partial charge in [-0.3, -0.25) is 4.57 Å². The van der Waals surface area contributed by atoms with Crippen LogP contribution in [-0.2, 0) is 6.54 Å². The van der Waals surface area contributed by atoms with Crippen molar-refractivity contribution in [1.29, 1.82) is 0 Å². The molecule has 0 amide bonds. The Labute approximate surface area is 108 Å². The topological polar surface area (TPSA) is 29.9 Å². The van der Waals surface area contributed by atoms with Gasteiger partial charge in [-0.1, -0.05) is 13.0 Å². The smallest absolute Gasteiger partial charge is 0.302 e. The van der Waals surface area contributed by atoms with Crippen LogP contribution in [0.4, 0.5) is 8.78 Å². The van der Waals surface area contributed by atoms with Crippen LogP contribution in [0.25, 0.3) is 0 Å². The second-order valence-electron chi connectivity index (χ2n) is 3.89. The Bertz CT molecular complexity index is 467. The summed E-state index contributed by atoms with van der Waals surface area (Å²) < 4.78 is 26.2. The first-order valence-corrected chi connectivity index (χ1v) is 6.67. The summed E-state index contributed by atoms with van der Waals surface area (Å²) in [5, 5.41) is 5.28. The summed E-state index contributed by atoms with van der Waals surface area (Å²) in [6, 6.07) is 4.23. The number of nitrogens with one attached hydrogen (secondary N) is 1. The lowest BCUT2D eigenvalue weighted by molar-refractivity contribution is 0.0664. The zero-order valence-electron chi connectivity index (χ0n) is 10.0. The van der Waals surface area contributed by atoms with Crippen molar-refractivity contribution < 1.29 is 8.78 Å². The highest BCUT2D eigenvalue weighted by molar-refractivity contribution is 7.10. The highest BCUT2D eigenvalue weighted by Gasteiger charge is 2.14. The van der Waals surface area contributed by atoms with E-state index in [0.29, 0.717) is 12.4 Å². The fraction of sp³-hybridized carbons (Fsp3) is 0.417. The van der Waals surface area contributed by atoms with Crippen LogP contribution in [0.15, 0.2) is 29.9 Å². The third-order valence-corrected chi connectivity index (χ3v) is 3.75. The molecule has 2 aromatic rings. The first-order valence-electron chi connectivity index (χ1n) is 5.79. The van der Waals surface area contributed by atoms with Gasteiger partial charge >= 0.3 is 6.55 Å². The maximum Gasteiger partial charge on any atom is 0.319 e. The van der Waals surface area contributed by atoms with Gasteiger partial charge in [-0.15, -0.1) is 11.3 Å². The molecule has 0 saturated carbocycles. The van der Waals surface area contributed by atoms with Gasteiger partial charge in [-0.2, -0.15) is 8.78 Å². The molecule has 0 aliphatic heterocycles. The summed E-state index contributed by atoms with van der Waals surface area (Å²) in [6.07, 6.45) is 3.61. The quantitative estimate of drug-likeness (QED) is 0.870. The number of thiophene rings is 1. The number of imidazole rings is 1. The normalized spacial score (nSPS) is 13.1. The largest absolute Gasteiger partial charge is 0.319 e. The maximum absolute atomic E-state index is 12.6. The Balaban J connectivity index is 2.00. The minimum atomic E-state index is -2.54. The molecule has 1 N–H and O–H groups in total. The zero-order valence-corrected chi connectivity index (χ0v) is 10.8. The van der Waals surface area contributed by atoms with E-state index in [1.54, 1.807) is 11.3 Å². The van der Waals surface area contributed by atoms with Gasteiger partial charge < -0.3 is 5.32 Å². The van der Waals surface area contributed by atoms with E-state index in [4.69, 9.17) is 0 Å². The number of alkyl halides is 2. The molecule has 2 aromatic heterocycles. The average molecular weight is 271 g/mol. The standard InChI is InChI=1S/C12H15F2N3S/c1-2-9(10-4-3-7-18-10)16-8-11-15-5-6-17(11)12(13)14/h3-7,9,12,16H,2,8H2,1H3. The molecule has 6 heteroatoms. The van der Waals surface area contributed by atoms with Crippen molar-refractivity contribution in [2.24, 2.45) is 0 Å². The molecule has 0 spiro atoms. The van der Waals surface area contributed by atoms with Crippen molar-refractivity contribution in [1.82, 2.24) is 14.9 Å². The van der Waals surface area contributed by atoms with E-state index in [1.165, 1.54) is 17.3 Å². The minimum absolute atomic E-state index is 0.188. The van der Waals surface area contributed by atoms with Crippen LogP contribution in [0.1, 0.15) is 36.6 Å². The average Bonchev–Trinajstić information content (AvgIpc) is 2.99. The van der Waals surface area contributed by atoms with E-state index in [-0.39, 0.29) is 6.04 Å². The lowest BCUT2D eigenvalue weighted by atomic mass is 10.2. The molecule has 0 aliphatic carbocycles. The third-order valence-electron chi connectivity index (χ3n) is 2.76. The van der Waals surface area contributed by atoms with Gasteiger partial charge in [0.25, 0.3) is 0 Å². The molecule has 3 nitrogen and oxygen atoms in total. The second-order valence-corrected chi connectivity index (χ2v) is 4.86. The maximum atomic E-state index is 12.6. The Morgan fingerprint density at radius 2 is 2.33 bits per heavy atom. The zero-order chi connectivity index (χ0) is 13.0. The van der Waals surface area contributed by atoms with E-state index in [0.717, 1.165) is 11.0 Å². The number of halogens is 2. The molecule has 2 rings (SSSR count). The van der Waals surface area contributed by atoms with Gasteiger partial charge in [0, 0.05) is 23.3 Å². The minimum Gasteiger partial charge on any atom is -0.302 e. The molecule has 1 atom stereocenters. The first kappa shape index (κ1) is 13.2. The first-order chi connectivity index (χ1) is 8.72. The Hall–Kier alpha value is -1.27. The Kier molecular flexibility index (Phi) is 4.43. The van der Waals surface area contributed by atoms with Gasteiger partial charge in [-0.25, -0.2) is 4.98 Å². The number of aromatic nitrogens is 2. The Morgan fingerprint density at radius 1 is 1.50 bits per heavy atom. The van der Waals surface area contributed by atoms with Gasteiger partial charge in [0.1, 0.15) is 5.82 Å². The van der Waals surface area contributed by atoms with Crippen molar-refractivity contribution in [2.45, 2.75) is 32.5 Å². The predicted octanol–water partition coefficient (Wildman–Crippen LogP) is 3.58. The van der Waals surface area contributed by atoms with E-state index in [2.05, 4.69) is 17.2 Å². The summed E-state index contributed by atoms with van der Waals surface area (Å²) in [5.74, 6) is 0.361. The molecule has 1 unspecified atom stereocenters. The fourth-order valence-electron chi connectivity index (χ4n) is 1.81. The van der Waals surface area contributed by atoms with Crippen LogP contribution in [0, 0.1) is 0 Å². The SMILES string of the molecule is CCC(NCc1nccn1C(F)F)c1cccs1. The van der Waals surface area contributed by atoms with Crippen molar-refractivity contribution in [3.8, 4) is 0 Å². The molecule has 0 saturated heterocycles. The molecule has 0 aromatic carbocycles. The van der Waals surface area contributed by atoms with Crippen LogP contribution < -0.4 is 5.32 Å². The predicted molar refractivity (Wildman–Crippen MR) is 67.7 cm³/mol. The molecule has 18 heavy (non-hydrogen) atoms. The molecular formula is C12H15F2N3S. The highest BCUT2D eigenvalue weighted by Crippen LogP contribution is 2.22. The lowest BCUT2D eigenvalue weighted by Crippen LogP contribution is -2.22. The lowest BCUT2D eigenvalue weighted by Gasteiger charge is -2.15. The van der Waals surface area contributed by atoms with Crippen LogP contribution in [-0.4, -0.2) is 9.55 Å². The number of hydrogen-bond acceptors (Lipinski definition) is 3. The van der Waals surface area contributed by atoms with E-state index < -0.39 is 6.55 Å². The van der Waals surface area contributed by atoms with Crippen molar-refractivity contribution in [3.05, 3.63) is 40.6 Å². The molecule has 0 aliphatic rings. The van der Waals surface area contributed by atoms with Gasteiger partial charge in [0.2, 0.25) is 0 Å². The van der Waals surface area contributed by atoms with Gasteiger partial charge in [0.15, 0.2) is 0 Å². The molecule has 0 radical (unpaired) electrons. The molecular weight excluding hydrogens is 256 g/mol. The van der Waals surface area contributed by atoms with Crippen LogP contribution in [0.2, 0.25) is 0 Å².